The van der Waals surface area contributed by atoms with E-state index in [1.807, 2.05) is 0 Å². The Labute approximate surface area is 156 Å². The topological polar surface area (TPSA) is 98.8 Å². The van der Waals surface area contributed by atoms with Crippen LogP contribution in [0.1, 0.15) is 38.1 Å². The average Bonchev–Trinajstić information content (AvgIpc) is 2.51. The lowest BCUT2D eigenvalue weighted by Crippen LogP contribution is -2.33. The normalized spacial score (nSPS) is 12.7. The largest absolute Gasteiger partial charge is 0.463 e. The van der Waals surface area contributed by atoms with Crippen LogP contribution in [0.15, 0.2) is 27.6 Å². The van der Waals surface area contributed by atoms with Crippen LogP contribution < -0.4 is 4.72 Å². The highest BCUT2D eigenvalue weighted by atomic mass is 79.9. The smallest absolute Gasteiger partial charge is 0.338 e. The van der Waals surface area contributed by atoms with E-state index in [2.05, 4.69) is 20.7 Å². The number of hydrogen-bond acceptors (Lipinski definition) is 6. The van der Waals surface area contributed by atoms with Crippen LogP contribution in [-0.4, -0.2) is 39.6 Å². The van der Waals surface area contributed by atoms with Gasteiger partial charge in [-0.15, -0.1) is 0 Å². The number of hydrogen-bond donors (Lipinski definition) is 1. The minimum atomic E-state index is -3.86. The van der Waals surface area contributed by atoms with E-state index in [4.69, 9.17) is 9.47 Å². The molecular weight excluding hydrogens is 414 g/mol. The Kier molecular flexibility index (Phi) is 8.04. The first-order valence-corrected chi connectivity index (χ1v) is 10.0. The third-order valence-electron chi connectivity index (χ3n) is 3.07. The van der Waals surface area contributed by atoms with E-state index in [0.29, 0.717) is 0 Å². The molecule has 0 saturated heterocycles. The van der Waals surface area contributed by atoms with Crippen LogP contribution in [0, 0.1) is 5.92 Å². The number of carbonyl (C=O) groups excluding carboxylic acids is 2. The summed E-state index contributed by atoms with van der Waals surface area (Å²) in [6, 6.07) is 4.05. The van der Waals surface area contributed by atoms with Crippen molar-refractivity contribution in [3.63, 3.8) is 0 Å². The summed E-state index contributed by atoms with van der Waals surface area (Å²) >= 11 is 3.15. The number of esters is 2. The predicted octanol–water partition coefficient (Wildman–Crippen LogP) is 2.49. The van der Waals surface area contributed by atoms with Gasteiger partial charge in [0.25, 0.3) is 0 Å². The van der Waals surface area contributed by atoms with Gasteiger partial charge in [0.15, 0.2) is 0 Å². The average molecular weight is 436 g/mol. The van der Waals surface area contributed by atoms with Gasteiger partial charge in [0, 0.05) is 11.0 Å². The summed E-state index contributed by atoms with van der Waals surface area (Å²) in [6.45, 7) is 6.82. The first kappa shape index (κ1) is 21.6. The molecular formula is C16H22BrNO6S. The van der Waals surface area contributed by atoms with Gasteiger partial charge >= 0.3 is 11.9 Å². The Bertz CT molecular complexity index is 732. The molecule has 25 heavy (non-hydrogen) atoms. The van der Waals surface area contributed by atoms with E-state index in [1.54, 1.807) is 27.7 Å². The van der Waals surface area contributed by atoms with E-state index >= 15 is 0 Å². The first-order chi connectivity index (χ1) is 11.6. The van der Waals surface area contributed by atoms with Crippen LogP contribution in [0.3, 0.4) is 0 Å². The van der Waals surface area contributed by atoms with E-state index in [1.165, 1.54) is 18.2 Å². The number of benzene rings is 1. The van der Waals surface area contributed by atoms with Gasteiger partial charge < -0.3 is 9.47 Å². The zero-order valence-electron chi connectivity index (χ0n) is 14.5. The van der Waals surface area contributed by atoms with Gasteiger partial charge in [-0.3, -0.25) is 4.79 Å². The summed E-state index contributed by atoms with van der Waals surface area (Å²) in [7, 11) is -3.86. The Balaban J connectivity index is 2.85. The highest BCUT2D eigenvalue weighted by Gasteiger charge is 2.23. The molecule has 1 N–H and O–H groups in total. The van der Waals surface area contributed by atoms with Crippen LogP contribution in [0.4, 0.5) is 0 Å². The number of nitrogens with one attached hydrogen (secondary N) is 1. The first-order valence-electron chi connectivity index (χ1n) is 7.75. The summed E-state index contributed by atoms with van der Waals surface area (Å²) in [4.78, 5) is 23.4. The molecule has 0 aliphatic rings. The predicted molar refractivity (Wildman–Crippen MR) is 95.7 cm³/mol. The molecule has 1 atom stereocenters. The van der Waals surface area contributed by atoms with Gasteiger partial charge in [-0.1, -0.05) is 6.92 Å². The molecule has 0 saturated carbocycles. The zero-order chi connectivity index (χ0) is 19.2. The Hall–Kier alpha value is -1.45. The maximum atomic E-state index is 12.4. The van der Waals surface area contributed by atoms with E-state index in [9.17, 15) is 18.0 Å². The SMILES string of the molecule is CCOC(=O)c1ccc(S(=O)(=O)NCC(C)C(=O)OC(C)C)c(Br)c1. The number of rotatable bonds is 8. The molecule has 140 valence electrons. The second kappa shape index (κ2) is 9.30. The van der Waals surface area contributed by atoms with Crippen molar-refractivity contribution >= 4 is 37.9 Å². The van der Waals surface area contributed by atoms with Crippen molar-refractivity contribution in [2.75, 3.05) is 13.2 Å². The molecule has 0 aliphatic carbocycles. The minimum absolute atomic E-state index is 0.0371. The monoisotopic (exact) mass is 435 g/mol. The minimum Gasteiger partial charge on any atom is -0.463 e. The van der Waals surface area contributed by atoms with Crippen molar-refractivity contribution in [3.8, 4) is 0 Å². The summed E-state index contributed by atoms with van der Waals surface area (Å²) in [6.07, 6.45) is -0.267. The molecule has 0 aromatic heterocycles. The van der Waals surface area contributed by atoms with E-state index < -0.39 is 27.9 Å². The van der Waals surface area contributed by atoms with E-state index in [-0.39, 0.29) is 34.2 Å². The van der Waals surface area contributed by atoms with Crippen molar-refractivity contribution in [2.24, 2.45) is 5.92 Å². The molecule has 1 rings (SSSR count). The van der Waals surface area contributed by atoms with Crippen LogP contribution in [0.5, 0.6) is 0 Å². The van der Waals surface area contributed by atoms with Gasteiger partial charge in [-0.2, -0.15) is 0 Å². The summed E-state index contributed by atoms with van der Waals surface area (Å²) in [5.41, 5.74) is 0.238. The highest BCUT2D eigenvalue weighted by molar-refractivity contribution is 9.10. The van der Waals surface area contributed by atoms with Crippen molar-refractivity contribution in [3.05, 3.63) is 28.2 Å². The molecule has 0 fully saturated rings. The summed E-state index contributed by atoms with van der Waals surface area (Å²) in [5, 5.41) is 0. The number of ether oxygens (including phenoxy) is 2. The maximum Gasteiger partial charge on any atom is 0.338 e. The fourth-order valence-electron chi connectivity index (χ4n) is 1.80. The van der Waals surface area contributed by atoms with Gasteiger partial charge in [0.1, 0.15) is 0 Å². The molecule has 0 spiro atoms. The van der Waals surface area contributed by atoms with Crippen molar-refractivity contribution in [1.82, 2.24) is 4.72 Å². The van der Waals surface area contributed by atoms with Crippen molar-refractivity contribution < 1.29 is 27.5 Å². The molecule has 1 aromatic rings. The lowest BCUT2D eigenvalue weighted by molar-refractivity contribution is -0.151. The fourth-order valence-corrected chi connectivity index (χ4v) is 4.01. The Morgan fingerprint density at radius 1 is 1.24 bits per heavy atom. The summed E-state index contributed by atoms with van der Waals surface area (Å²) in [5.74, 6) is -1.64. The van der Waals surface area contributed by atoms with Crippen LogP contribution in [-0.2, 0) is 24.3 Å². The maximum absolute atomic E-state index is 12.4. The van der Waals surface area contributed by atoms with E-state index in [0.717, 1.165) is 0 Å². The van der Waals surface area contributed by atoms with Crippen LogP contribution in [0.2, 0.25) is 0 Å². The van der Waals surface area contributed by atoms with Gasteiger partial charge in [0.2, 0.25) is 10.0 Å². The molecule has 1 unspecified atom stereocenters. The van der Waals surface area contributed by atoms with Crippen molar-refractivity contribution in [1.29, 1.82) is 0 Å². The molecule has 0 heterocycles. The number of sulfonamides is 1. The van der Waals surface area contributed by atoms with Gasteiger partial charge in [-0.05, 0) is 54.9 Å². The Morgan fingerprint density at radius 3 is 2.40 bits per heavy atom. The number of halogens is 1. The molecule has 0 bridgehead atoms. The molecule has 7 nitrogen and oxygen atoms in total. The number of carbonyl (C=O) groups is 2. The molecule has 0 radical (unpaired) electrons. The fraction of sp³-hybridized carbons (Fsp3) is 0.500. The lowest BCUT2D eigenvalue weighted by Gasteiger charge is -2.15. The van der Waals surface area contributed by atoms with Crippen LogP contribution >= 0.6 is 15.9 Å². The third kappa shape index (κ3) is 6.41. The van der Waals surface area contributed by atoms with Crippen LogP contribution in [0.25, 0.3) is 0 Å². The van der Waals surface area contributed by atoms with Crippen molar-refractivity contribution in [2.45, 2.75) is 38.7 Å². The second-order valence-corrected chi connectivity index (χ2v) is 8.19. The Morgan fingerprint density at radius 2 is 1.88 bits per heavy atom. The quantitative estimate of drug-likeness (QED) is 0.629. The lowest BCUT2D eigenvalue weighted by atomic mass is 10.2. The van der Waals surface area contributed by atoms with Gasteiger partial charge in [0.05, 0.1) is 29.1 Å². The summed E-state index contributed by atoms with van der Waals surface area (Å²) < 4.78 is 37.3. The molecule has 0 aliphatic heterocycles. The van der Waals surface area contributed by atoms with Gasteiger partial charge in [-0.25, -0.2) is 17.9 Å². The highest BCUT2D eigenvalue weighted by Crippen LogP contribution is 2.23. The third-order valence-corrected chi connectivity index (χ3v) is 5.47. The zero-order valence-corrected chi connectivity index (χ0v) is 16.9. The molecule has 1 aromatic carbocycles. The second-order valence-electron chi connectivity index (χ2n) is 5.60. The molecule has 9 heteroatoms. The molecule has 0 amide bonds. The standard InChI is InChI=1S/C16H22BrNO6S/c1-5-23-16(20)12-6-7-14(13(17)8-12)25(21,22)18-9-11(4)15(19)24-10(2)3/h6-8,10-11,18H,5,9H2,1-4H3.